The number of hydrogen-bond donors (Lipinski definition) is 3. The van der Waals surface area contributed by atoms with Crippen LogP contribution in [-0.4, -0.2) is 83.9 Å². The molecule has 2 fully saturated rings. The van der Waals surface area contributed by atoms with E-state index in [0.29, 0.717) is 36.7 Å². The fourth-order valence-electron chi connectivity index (χ4n) is 6.15. The molecule has 1 aromatic heterocycles. The highest BCUT2D eigenvalue weighted by Gasteiger charge is 2.35. The van der Waals surface area contributed by atoms with Crippen LogP contribution in [0.2, 0.25) is 0 Å². The number of amides is 4. The van der Waals surface area contributed by atoms with Gasteiger partial charge < -0.3 is 30.3 Å². The van der Waals surface area contributed by atoms with Crippen LogP contribution >= 0.6 is 0 Å². The van der Waals surface area contributed by atoms with Crippen LogP contribution < -0.4 is 16.0 Å². The Balaban J connectivity index is 1.52. The summed E-state index contributed by atoms with van der Waals surface area (Å²) in [6.07, 6.45) is 5.37. The van der Waals surface area contributed by atoms with Crippen LogP contribution in [0, 0.1) is 17.7 Å². The van der Waals surface area contributed by atoms with Crippen LogP contribution in [0.3, 0.4) is 0 Å². The van der Waals surface area contributed by atoms with Gasteiger partial charge in [0.1, 0.15) is 29.7 Å². The van der Waals surface area contributed by atoms with E-state index in [-0.39, 0.29) is 35.4 Å². The Morgan fingerprint density at radius 1 is 1.04 bits per heavy atom. The number of aromatic nitrogens is 1. The third kappa shape index (κ3) is 8.47. The van der Waals surface area contributed by atoms with Crippen molar-refractivity contribution in [3.05, 3.63) is 47.1 Å². The molecular weight excluding hydrogens is 579 g/mol. The quantitative estimate of drug-likeness (QED) is 0.346. The molecule has 2 heterocycles. The molecule has 3 N–H and O–H groups in total. The first-order valence-electron chi connectivity index (χ1n) is 16.1. The summed E-state index contributed by atoms with van der Waals surface area (Å²) in [7, 11) is 1.99. The number of anilines is 1. The number of hydrogen-bond acceptors (Lipinski definition) is 7. The Morgan fingerprint density at radius 3 is 2.36 bits per heavy atom. The fourth-order valence-corrected chi connectivity index (χ4v) is 6.15. The highest BCUT2D eigenvalue weighted by atomic mass is 19.1. The Hall–Kier alpha value is -3.80. The van der Waals surface area contributed by atoms with Gasteiger partial charge in [-0.25, -0.2) is 4.39 Å². The third-order valence-electron chi connectivity index (χ3n) is 9.32. The maximum atomic E-state index is 15.6. The van der Waals surface area contributed by atoms with E-state index >= 15 is 4.39 Å². The Labute approximate surface area is 264 Å². The van der Waals surface area contributed by atoms with Gasteiger partial charge in [-0.3, -0.25) is 19.2 Å². The molecule has 12 heteroatoms. The van der Waals surface area contributed by atoms with E-state index in [2.05, 4.69) is 32.9 Å². The van der Waals surface area contributed by atoms with Gasteiger partial charge >= 0.3 is 0 Å². The average Bonchev–Trinajstić information content (AvgIpc) is 3.53. The minimum atomic E-state index is -0.877. The van der Waals surface area contributed by atoms with Gasteiger partial charge in [-0.2, -0.15) is 0 Å². The maximum Gasteiger partial charge on any atom is 0.257 e. The number of nitrogens with one attached hydrogen (secondary N) is 3. The second-order valence-corrected chi connectivity index (χ2v) is 12.5. The molecule has 3 atom stereocenters. The Kier molecular flexibility index (Phi) is 11.7. The topological polar surface area (TPSA) is 137 Å². The van der Waals surface area contributed by atoms with E-state index < -0.39 is 35.6 Å². The van der Waals surface area contributed by atoms with Crippen LogP contribution in [0.25, 0.3) is 0 Å². The zero-order valence-corrected chi connectivity index (χ0v) is 27.0. The summed E-state index contributed by atoms with van der Waals surface area (Å²) in [5.41, 5.74) is 1.26. The van der Waals surface area contributed by atoms with Gasteiger partial charge in [0, 0.05) is 38.5 Å². The number of rotatable bonds is 11. The van der Waals surface area contributed by atoms with Crippen molar-refractivity contribution in [2.45, 2.75) is 84.2 Å². The van der Waals surface area contributed by atoms with Gasteiger partial charge in [-0.15, -0.1) is 0 Å². The number of carbonyl (C=O) groups is 4. The molecule has 0 bridgehead atoms. The summed E-state index contributed by atoms with van der Waals surface area (Å²) in [6.45, 7) is 10.1. The summed E-state index contributed by atoms with van der Waals surface area (Å²) in [6, 6.07) is 2.68. The van der Waals surface area contributed by atoms with Crippen molar-refractivity contribution >= 4 is 29.3 Å². The van der Waals surface area contributed by atoms with Crippen molar-refractivity contribution in [2.24, 2.45) is 11.8 Å². The van der Waals surface area contributed by atoms with Crippen molar-refractivity contribution in [2.75, 3.05) is 38.5 Å². The summed E-state index contributed by atoms with van der Waals surface area (Å²) in [5, 5.41) is 12.3. The Bertz CT molecular complexity index is 1350. The molecule has 0 radical (unpaired) electrons. The lowest BCUT2D eigenvalue weighted by molar-refractivity contribution is -0.138. The van der Waals surface area contributed by atoms with Gasteiger partial charge in [0.2, 0.25) is 17.7 Å². The molecule has 11 nitrogen and oxygen atoms in total. The number of nitrogens with zero attached hydrogens (tertiary/aromatic N) is 3. The molecule has 246 valence electrons. The minimum absolute atomic E-state index is 0.0295. The van der Waals surface area contributed by atoms with E-state index in [9.17, 15) is 19.2 Å². The van der Waals surface area contributed by atoms with Gasteiger partial charge in [-0.1, -0.05) is 51.8 Å². The molecule has 1 aromatic carbocycles. The molecule has 4 amide bonds. The van der Waals surface area contributed by atoms with Crippen LogP contribution in [-0.2, 0) is 20.8 Å². The lowest BCUT2D eigenvalue weighted by atomic mass is 9.79. The zero-order valence-electron chi connectivity index (χ0n) is 27.0. The molecule has 1 aliphatic heterocycles. The van der Waals surface area contributed by atoms with Crippen molar-refractivity contribution in [1.29, 1.82) is 0 Å². The molecule has 0 unspecified atom stereocenters. The van der Waals surface area contributed by atoms with Crippen molar-refractivity contribution in [3.63, 3.8) is 0 Å². The van der Waals surface area contributed by atoms with Crippen LogP contribution in [0.1, 0.15) is 87.3 Å². The maximum absolute atomic E-state index is 15.6. The SMILES string of the molecule is CCC(=O)N[C@@H](C(=O)N1CCN(C)CC1)[C@@H](C)c1ccc(NC(=O)[C@@H](NC(=O)c2conc2CC)C2CCC(C)CC2)c(F)c1. The number of halogens is 1. The van der Waals surface area contributed by atoms with E-state index in [1.807, 2.05) is 14.0 Å². The van der Waals surface area contributed by atoms with Crippen molar-refractivity contribution < 1.29 is 28.1 Å². The molecule has 0 spiro atoms. The van der Waals surface area contributed by atoms with Crippen molar-refractivity contribution in [1.82, 2.24) is 25.6 Å². The molecule has 4 rings (SSSR count). The van der Waals surface area contributed by atoms with Crippen molar-refractivity contribution in [3.8, 4) is 0 Å². The number of benzene rings is 1. The molecule has 2 aromatic rings. The van der Waals surface area contributed by atoms with Crippen LogP contribution in [0.5, 0.6) is 0 Å². The largest absolute Gasteiger partial charge is 0.364 e. The van der Waals surface area contributed by atoms with Gasteiger partial charge in [0.05, 0.1) is 11.4 Å². The molecule has 1 aliphatic carbocycles. The number of piperazine rings is 1. The number of carbonyl (C=O) groups excluding carboxylic acids is 4. The average molecular weight is 627 g/mol. The Morgan fingerprint density at radius 2 is 1.73 bits per heavy atom. The first kappa shape index (κ1) is 34.1. The monoisotopic (exact) mass is 626 g/mol. The predicted octanol–water partition coefficient (Wildman–Crippen LogP) is 3.71. The van der Waals surface area contributed by atoms with Crippen LogP contribution in [0.4, 0.5) is 10.1 Å². The van der Waals surface area contributed by atoms with Gasteiger partial charge in [0.25, 0.3) is 5.91 Å². The molecule has 1 saturated heterocycles. The zero-order chi connectivity index (χ0) is 32.7. The third-order valence-corrected chi connectivity index (χ3v) is 9.32. The standard InChI is InChI=1S/C33H47FN6O5/c1-6-26-24(19-45-38-26)31(42)37-30(22-10-8-20(3)9-11-22)32(43)35-27-13-12-23(18-25(27)34)21(4)29(36-28(41)7-2)33(44)40-16-14-39(5)15-17-40/h12-13,18-22,29-30H,6-11,14-17H2,1-5H3,(H,35,43)(H,36,41)(H,37,42)/t20?,21-,22?,29+,30-/m0/s1. The summed E-state index contributed by atoms with van der Waals surface area (Å²) >= 11 is 0. The molecule has 45 heavy (non-hydrogen) atoms. The highest BCUT2D eigenvalue weighted by Crippen LogP contribution is 2.32. The lowest BCUT2D eigenvalue weighted by Gasteiger charge is -2.36. The second kappa shape index (κ2) is 15.5. The second-order valence-electron chi connectivity index (χ2n) is 12.5. The van der Waals surface area contributed by atoms with Gasteiger partial charge in [-0.05, 0) is 55.8 Å². The van der Waals surface area contributed by atoms with Crippen LogP contribution in [0.15, 0.2) is 29.0 Å². The summed E-state index contributed by atoms with van der Waals surface area (Å²) in [5.74, 6) is -2.20. The normalized spacial score (nSPS) is 21.0. The predicted molar refractivity (Wildman–Crippen MR) is 168 cm³/mol. The summed E-state index contributed by atoms with van der Waals surface area (Å²) < 4.78 is 20.6. The molecule has 2 aliphatic rings. The molecular formula is C33H47FN6O5. The molecule has 1 saturated carbocycles. The number of aryl methyl sites for hydroxylation is 1. The number of likely N-dealkylation sites (N-methyl/N-ethyl adjacent to an activating group) is 1. The first-order valence-corrected chi connectivity index (χ1v) is 16.1. The van der Waals surface area contributed by atoms with E-state index in [1.54, 1.807) is 24.8 Å². The van der Waals surface area contributed by atoms with E-state index in [1.165, 1.54) is 18.4 Å². The lowest BCUT2D eigenvalue weighted by Crippen LogP contribution is -2.55. The smallest absolute Gasteiger partial charge is 0.257 e. The summed E-state index contributed by atoms with van der Waals surface area (Å²) in [4.78, 5) is 56.6. The van der Waals surface area contributed by atoms with E-state index in [0.717, 1.165) is 38.8 Å². The highest BCUT2D eigenvalue weighted by molar-refractivity contribution is 6.01. The minimum Gasteiger partial charge on any atom is -0.364 e. The fraction of sp³-hybridized carbons (Fsp3) is 0.606. The van der Waals surface area contributed by atoms with E-state index in [4.69, 9.17) is 4.52 Å². The van der Waals surface area contributed by atoms with Gasteiger partial charge in [0.15, 0.2) is 0 Å². The first-order chi connectivity index (χ1) is 21.5.